The van der Waals surface area contributed by atoms with Gasteiger partial charge in [0, 0.05) is 24.2 Å². The molecule has 23 heavy (non-hydrogen) atoms. The topological polar surface area (TPSA) is 52.6 Å². The van der Waals surface area contributed by atoms with Crippen molar-refractivity contribution >= 4 is 30.9 Å². The molecule has 120 valence electrons. The molecule has 0 atom stereocenters. The molecule has 2 aromatic rings. The third-order valence-corrected chi connectivity index (χ3v) is 7.26. The number of carbonyl (C=O) groups excluding carboxylic acids is 2. The zero-order valence-electron chi connectivity index (χ0n) is 13.8. The van der Waals surface area contributed by atoms with E-state index in [0.29, 0.717) is 0 Å². The van der Waals surface area contributed by atoms with Crippen molar-refractivity contribution in [1.29, 1.82) is 0 Å². The molecule has 0 amide bonds. The van der Waals surface area contributed by atoms with Gasteiger partial charge < -0.3 is 8.85 Å². The molecule has 0 aromatic heterocycles. The molecule has 0 saturated carbocycles. The van der Waals surface area contributed by atoms with Gasteiger partial charge in [0.05, 0.1) is 0 Å². The summed E-state index contributed by atoms with van der Waals surface area (Å²) in [4.78, 5) is 23.7. The second-order valence-corrected chi connectivity index (χ2v) is 8.15. The number of benzene rings is 2. The van der Waals surface area contributed by atoms with Crippen molar-refractivity contribution in [2.45, 2.75) is 27.7 Å². The van der Waals surface area contributed by atoms with Gasteiger partial charge in [-0.05, 0) is 25.0 Å². The Morgan fingerprint density at radius 2 is 1.09 bits per heavy atom. The quantitative estimate of drug-likeness (QED) is 0.806. The molecule has 0 radical (unpaired) electrons. The summed E-state index contributed by atoms with van der Waals surface area (Å²) in [6.07, 6.45) is 0. The van der Waals surface area contributed by atoms with E-state index in [0.717, 1.165) is 21.5 Å². The van der Waals surface area contributed by atoms with Gasteiger partial charge in [0.15, 0.2) is 0 Å². The molecule has 0 heterocycles. The molecule has 2 rings (SSSR count). The smallest absolute Gasteiger partial charge is 0.479 e. The summed E-state index contributed by atoms with van der Waals surface area (Å²) >= 11 is 0. The second kappa shape index (κ2) is 6.79. The lowest BCUT2D eigenvalue weighted by Gasteiger charge is -2.31. The van der Waals surface area contributed by atoms with Gasteiger partial charge in [0.2, 0.25) is 0 Å². The first-order chi connectivity index (χ1) is 10.9. The lowest BCUT2D eigenvalue weighted by Crippen LogP contribution is -2.66. The normalized spacial score (nSPS) is 11.0. The summed E-state index contributed by atoms with van der Waals surface area (Å²) in [5.41, 5.74) is 1.84. The van der Waals surface area contributed by atoms with E-state index in [-0.39, 0.29) is 0 Å². The molecule has 0 fully saturated rings. The minimum Gasteiger partial charge on any atom is -0.479 e. The van der Waals surface area contributed by atoms with Crippen molar-refractivity contribution in [2.75, 3.05) is 0 Å². The molecule has 0 N–H and O–H groups in total. The zero-order valence-corrected chi connectivity index (χ0v) is 14.8. The van der Waals surface area contributed by atoms with Gasteiger partial charge in [-0.2, -0.15) is 0 Å². The van der Waals surface area contributed by atoms with Crippen LogP contribution < -0.4 is 10.4 Å². The minimum absolute atomic E-state index is 0.468. The van der Waals surface area contributed by atoms with Gasteiger partial charge in [-0.3, -0.25) is 9.59 Å². The Morgan fingerprint density at radius 3 is 1.39 bits per heavy atom. The van der Waals surface area contributed by atoms with E-state index in [1.807, 2.05) is 62.4 Å². The van der Waals surface area contributed by atoms with Crippen LogP contribution in [0.5, 0.6) is 0 Å². The Labute approximate surface area is 137 Å². The highest BCUT2D eigenvalue weighted by molar-refractivity contribution is 6.94. The molecule has 4 nitrogen and oxygen atoms in total. The fraction of sp³-hybridized carbons (Fsp3) is 0.222. The molecule has 0 saturated heterocycles. The van der Waals surface area contributed by atoms with Crippen molar-refractivity contribution in [3.05, 3.63) is 59.7 Å². The average Bonchev–Trinajstić information content (AvgIpc) is 2.46. The molecular weight excluding hydrogens is 308 g/mol. The predicted octanol–water partition coefficient (Wildman–Crippen LogP) is 1.99. The highest BCUT2D eigenvalue weighted by atomic mass is 28.4. The molecule has 2 aromatic carbocycles. The van der Waals surface area contributed by atoms with Crippen LogP contribution >= 0.6 is 0 Å². The van der Waals surface area contributed by atoms with Crippen molar-refractivity contribution in [3.63, 3.8) is 0 Å². The van der Waals surface area contributed by atoms with E-state index < -0.39 is 20.5 Å². The van der Waals surface area contributed by atoms with Gasteiger partial charge in [0.1, 0.15) is 0 Å². The van der Waals surface area contributed by atoms with Crippen molar-refractivity contribution in [2.24, 2.45) is 0 Å². The number of carbonyl (C=O) groups is 2. The van der Waals surface area contributed by atoms with Gasteiger partial charge in [-0.15, -0.1) is 0 Å². The Balaban J connectivity index is 2.80. The third kappa shape index (κ3) is 3.51. The highest BCUT2D eigenvalue weighted by Crippen LogP contribution is 2.15. The van der Waals surface area contributed by atoms with Crippen LogP contribution in [0.25, 0.3) is 0 Å². The maximum Gasteiger partial charge on any atom is 0.535 e. The maximum atomic E-state index is 11.8. The van der Waals surface area contributed by atoms with Gasteiger partial charge in [-0.1, -0.05) is 48.5 Å². The fourth-order valence-corrected chi connectivity index (χ4v) is 6.09. The second-order valence-electron chi connectivity index (χ2n) is 5.43. The molecular formula is C18H20O4Si. The Morgan fingerprint density at radius 1 is 0.739 bits per heavy atom. The summed E-state index contributed by atoms with van der Waals surface area (Å²) < 4.78 is 11.5. The first-order valence-corrected chi connectivity index (χ1v) is 9.20. The van der Waals surface area contributed by atoms with Crippen molar-refractivity contribution in [1.82, 2.24) is 0 Å². The summed E-state index contributed by atoms with van der Waals surface area (Å²) in [6.45, 7) is 6.51. The van der Waals surface area contributed by atoms with Crippen LogP contribution in [0.3, 0.4) is 0 Å². The van der Waals surface area contributed by atoms with E-state index in [9.17, 15) is 9.59 Å². The minimum atomic E-state index is -3.46. The van der Waals surface area contributed by atoms with Crippen LogP contribution in [0.1, 0.15) is 25.0 Å². The highest BCUT2D eigenvalue weighted by Gasteiger charge is 2.50. The van der Waals surface area contributed by atoms with Crippen LogP contribution in [0.15, 0.2) is 48.5 Å². The lowest BCUT2D eigenvalue weighted by atomic mass is 10.2. The lowest BCUT2D eigenvalue weighted by molar-refractivity contribution is -0.138. The van der Waals surface area contributed by atoms with E-state index in [2.05, 4.69) is 0 Å². The largest absolute Gasteiger partial charge is 0.535 e. The van der Waals surface area contributed by atoms with Gasteiger partial charge in [0.25, 0.3) is 11.9 Å². The number of aryl methyl sites for hydroxylation is 2. The van der Waals surface area contributed by atoms with Crippen molar-refractivity contribution in [3.8, 4) is 0 Å². The summed E-state index contributed by atoms with van der Waals surface area (Å²) in [7, 11) is -3.46. The van der Waals surface area contributed by atoms with Crippen LogP contribution in [0, 0.1) is 13.8 Å². The van der Waals surface area contributed by atoms with E-state index in [4.69, 9.17) is 8.85 Å². The fourth-order valence-electron chi connectivity index (χ4n) is 2.68. The molecule has 0 spiro atoms. The number of hydrogen-bond acceptors (Lipinski definition) is 4. The van der Waals surface area contributed by atoms with Gasteiger partial charge in [-0.25, -0.2) is 0 Å². The Bertz CT molecular complexity index is 676. The molecule has 5 heteroatoms. The number of rotatable bonds is 4. The van der Waals surface area contributed by atoms with E-state index in [1.165, 1.54) is 13.8 Å². The predicted molar refractivity (Wildman–Crippen MR) is 90.9 cm³/mol. The van der Waals surface area contributed by atoms with E-state index in [1.54, 1.807) is 0 Å². The Hall–Kier alpha value is -2.40. The summed E-state index contributed by atoms with van der Waals surface area (Å²) in [5.74, 6) is -0.936. The van der Waals surface area contributed by atoms with E-state index >= 15 is 0 Å². The summed E-state index contributed by atoms with van der Waals surface area (Å²) in [6, 6.07) is 15.1. The molecule has 0 aliphatic carbocycles. The van der Waals surface area contributed by atoms with Crippen molar-refractivity contribution < 1.29 is 18.4 Å². The molecule has 0 unspecified atom stereocenters. The van der Waals surface area contributed by atoms with Crippen LogP contribution in [0.2, 0.25) is 0 Å². The summed E-state index contributed by atoms with van der Waals surface area (Å²) in [5, 5.41) is 1.53. The maximum absolute atomic E-state index is 11.8. The van der Waals surface area contributed by atoms with Crippen LogP contribution in [-0.2, 0) is 18.4 Å². The first-order valence-electron chi connectivity index (χ1n) is 7.38. The SMILES string of the molecule is CC(=O)O[Si](OC(C)=O)(c1ccccc1C)c1ccccc1C. The molecule has 0 bridgehead atoms. The average molecular weight is 328 g/mol. The Kier molecular flexibility index (Phi) is 5.01. The van der Waals surface area contributed by atoms with Crippen LogP contribution in [0.4, 0.5) is 0 Å². The number of hydrogen-bond donors (Lipinski definition) is 0. The van der Waals surface area contributed by atoms with Crippen LogP contribution in [-0.4, -0.2) is 20.5 Å². The third-order valence-electron chi connectivity index (χ3n) is 3.57. The molecule has 0 aliphatic rings. The standard InChI is InChI=1S/C18H20O4Si/c1-13-9-5-7-11-17(13)23(21-15(3)19,22-16(4)20)18-12-8-6-10-14(18)2/h5-12H,1-4H3. The first kappa shape index (κ1) is 17.0. The van der Waals surface area contributed by atoms with Gasteiger partial charge >= 0.3 is 8.56 Å². The molecule has 0 aliphatic heterocycles. The zero-order chi connectivity index (χ0) is 17.0. The monoisotopic (exact) mass is 328 g/mol.